The van der Waals surface area contributed by atoms with Crippen LogP contribution in [0, 0.1) is 0 Å². The molecule has 6 heteroatoms. The highest BCUT2D eigenvalue weighted by molar-refractivity contribution is 9.12. The van der Waals surface area contributed by atoms with Crippen molar-refractivity contribution in [1.29, 1.82) is 0 Å². The Hall–Kier alpha value is 0.580. The highest BCUT2D eigenvalue weighted by Crippen LogP contribution is 2.34. The zero-order valence-corrected chi connectivity index (χ0v) is 9.32. The number of allylic oxidation sites excluding steroid dienone is 1. The van der Waals surface area contributed by atoms with Gasteiger partial charge in [0.1, 0.15) is 6.17 Å². The normalized spacial score (nSPS) is 37.1. The summed E-state index contributed by atoms with van der Waals surface area (Å²) >= 11 is 12.5. The van der Waals surface area contributed by atoms with E-state index >= 15 is 0 Å². The van der Waals surface area contributed by atoms with E-state index in [1.807, 2.05) is 0 Å². The number of hydrazine groups is 1. The Morgan fingerprint density at radius 2 is 2.45 bits per heavy atom. The number of nitrogens with zero attached hydrogens (tertiary/aromatic N) is 1. The summed E-state index contributed by atoms with van der Waals surface area (Å²) in [4.78, 5) is 4.03. The number of nitrogens with two attached hydrogens (primary N) is 1. The number of nitrogens with one attached hydrogen (secondary N) is 1. The van der Waals surface area contributed by atoms with Crippen molar-refractivity contribution < 1.29 is 0 Å². The Morgan fingerprint density at radius 1 is 1.82 bits per heavy atom. The Balaban J connectivity index is 2.84. The first kappa shape index (κ1) is 9.67. The minimum absolute atomic E-state index is 0.342. The molecule has 2 atom stereocenters. The summed E-state index contributed by atoms with van der Waals surface area (Å²) in [5.41, 5.74) is 2.47. The molecule has 2 unspecified atom stereocenters. The van der Waals surface area contributed by atoms with Crippen molar-refractivity contribution in [2.45, 2.75) is 9.95 Å². The van der Waals surface area contributed by atoms with Gasteiger partial charge in [0.2, 0.25) is 0 Å². The highest BCUT2D eigenvalue weighted by atomic mass is 79.9. The third-order valence-electron chi connectivity index (χ3n) is 1.20. The van der Waals surface area contributed by atoms with E-state index in [9.17, 15) is 0 Å². The number of halogens is 3. The van der Waals surface area contributed by atoms with Gasteiger partial charge in [-0.05, 0) is 22.0 Å². The Kier molecular flexibility index (Phi) is 3.10. The molecule has 0 aromatic rings. The fraction of sp³-hybridized carbons (Fsp3) is 0.400. The maximum Gasteiger partial charge on any atom is 0.155 e. The Morgan fingerprint density at radius 3 is 2.91 bits per heavy atom. The van der Waals surface area contributed by atoms with Gasteiger partial charge < -0.3 is 0 Å². The maximum absolute atomic E-state index is 5.99. The van der Waals surface area contributed by atoms with Gasteiger partial charge in [-0.1, -0.05) is 27.5 Å². The van der Waals surface area contributed by atoms with Gasteiger partial charge in [0, 0.05) is 10.7 Å². The smallest absolute Gasteiger partial charge is 0.155 e. The van der Waals surface area contributed by atoms with Gasteiger partial charge in [0.25, 0.3) is 0 Å². The van der Waals surface area contributed by atoms with Gasteiger partial charge >= 0.3 is 0 Å². The van der Waals surface area contributed by atoms with Gasteiger partial charge in [-0.25, -0.2) is 5.43 Å². The third kappa shape index (κ3) is 2.26. The quantitative estimate of drug-likeness (QED) is 0.438. The fourth-order valence-electron chi connectivity index (χ4n) is 0.699. The van der Waals surface area contributed by atoms with E-state index in [0.29, 0.717) is 0 Å². The molecule has 0 amide bonds. The van der Waals surface area contributed by atoms with Crippen LogP contribution in [0.5, 0.6) is 0 Å². The number of alkyl halides is 2. The van der Waals surface area contributed by atoms with Crippen molar-refractivity contribution in [3.05, 3.63) is 10.6 Å². The lowest BCUT2D eigenvalue weighted by Crippen LogP contribution is -2.45. The predicted octanol–water partition coefficient (Wildman–Crippen LogP) is 1.47. The molecule has 3 N–H and O–H groups in total. The van der Waals surface area contributed by atoms with E-state index in [4.69, 9.17) is 17.4 Å². The Bertz CT molecular complexity index is 214. The van der Waals surface area contributed by atoms with Crippen LogP contribution >= 0.6 is 43.5 Å². The lowest BCUT2D eigenvalue weighted by atomic mass is 10.3. The zero-order valence-electron chi connectivity index (χ0n) is 5.39. The van der Waals surface area contributed by atoms with Crippen LogP contribution in [0.3, 0.4) is 0 Å². The number of dihydropyridines is 1. The van der Waals surface area contributed by atoms with Crippen molar-refractivity contribution in [2.75, 3.05) is 0 Å². The first-order chi connectivity index (χ1) is 5.06. The molecule has 0 aliphatic carbocycles. The maximum atomic E-state index is 5.99. The average molecular weight is 303 g/mol. The molecule has 1 aliphatic rings. The summed E-state index contributed by atoms with van der Waals surface area (Å²) < 4.78 is 0.0888. The minimum Gasteiger partial charge on any atom is -0.269 e. The highest BCUT2D eigenvalue weighted by Gasteiger charge is 2.33. The summed E-state index contributed by atoms with van der Waals surface area (Å²) in [7, 11) is 0. The summed E-state index contributed by atoms with van der Waals surface area (Å²) in [6.45, 7) is 0. The average Bonchev–Trinajstić information content (AvgIpc) is 1.85. The van der Waals surface area contributed by atoms with Crippen molar-refractivity contribution in [3.63, 3.8) is 0 Å². The second-order valence-corrected chi connectivity index (χ2v) is 5.36. The van der Waals surface area contributed by atoms with E-state index in [0.717, 1.165) is 4.48 Å². The Labute approximate surface area is 86.3 Å². The topological polar surface area (TPSA) is 50.4 Å². The first-order valence-electron chi connectivity index (χ1n) is 2.82. The SMILES string of the molecule is NNC1N=CC(Br)=CC1(Cl)Br. The molecule has 0 aromatic heterocycles. The van der Waals surface area contributed by atoms with Crippen LogP contribution in [0.25, 0.3) is 0 Å². The molecular formula is C5H6Br2ClN3. The molecule has 3 nitrogen and oxygen atoms in total. The summed E-state index contributed by atoms with van der Waals surface area (Å²) in [6.07, 6.45) is 3.07. The van der Waals surface area contributed by atoms with Crippen molar-refractivity contribution in [2.24, 2.45) is 10.8 Å². The molecule has 1 aliphatic heterocycles. The van der Waals surface area contributed by atoms with Crippen LogP contribution in [0.15, 0.2) is 15.6 Å². The monoisotopic (exact) mass is 301 g/mol. The third-order valence-corrected chi connectivity index (χ3v) is 2.61. The van der Waals surface area contributed by atoms with Gasteiger partial charge in [-0.3, -0.25) is 10.8 Å². The van der Waals surface area contributed by atoms with E-state index in [1.165, 1.54) is 0 Å². The standard InChI is InChI=1S/C5H6Br2ClN3/c6-3-1-5(7,8)4(11-9)10-2-3/h1-2,4,11H,9H2. The van der Waals surface area contributed by atoms with Crippen LogP contribution in [0.2, 0.25) is 0 Å². The van der Waals surface area contributed by atoms with E-state index < -0.39 is 3.78 Å². The number of aliphatic imine (C=N–C) groups is 1. The molecule has 0 fully saturated rings. The van der Waals surface area contributed by atoms with Crippen LogP contribution < -0.4 is 11.3 Å². The lowest BCUT2D eigenvalue weighted by molar-refractivity contribution is 0.543. The molecule has 62 valence electrons. The van der Waals surface area contributed by atoms with Crippen LogP contribution in [-0.4, -0.2) is 16.2 Å². The van der Waals surface area contributed by atoms with Crippen LogP contribution in [0.4, 0.5) is 0 Å². The fourth-order valence-corrected chi connectivity index (χ4v) is 2.35. The van der Waals surface area contributed by atoms with Crippen molar-refractivity contribution in [1.82, 2.24) is 5.43 Å². The van der Waals surface area contributed by atoms with Crippen molar-refractivity contribution >= 4 is 49.7 Å². The minimum atomic E-state index is -0.741. The number of hydrogen-bond acceptors (Lipinski definition) is 3. The lowest BCUT2D eigenvalue weighted by Gasteiger charge is -2.26. The summed E-state index contributed by atoms with van der Waals surface area (Å²) in [6, 6.07) is 0. The largest absolute Gasteiger partial charge is 0.269 e. The van der Waals surface area contributed by atoms with Crippen molar-refractivity contribution in [3.8, 4) is 0 Å². The molecule has 1 rings (SSSR count). The van der Waals surface area contributed by atoms with Crippen LogP contribution in [-0.2, 0) is 0 Å². The summed E-state index contributed by atoms with van der Waals surface area (Å²) in [5.74, 6) is 5.20. The van der Waals surface area contributed by atoms with Gasteiger partial charge in [0.05, 0.1) is 0 Å². The molecule has 0 saturated heterocycles. The van der Waals surface area contributed by atoms with Gasteiger partial charge in [-0.2, -0.15) is 0 Å². The van der Waals surface area contributed by atoms with Gasteiger partial charge in [0.15, 0.2) is 3.78 Å². The van der Waals surface area contributed by atoms with Crippen LogP contribution in [0.1, 0.15) is 0 Å². The second-order valence-electron chi connectivity index (χ2n) is 2.05. The predicted molar refractivity (Wildman–Crippen MR) is 54.1 cm³/mol. The molecule has 0 bridgehead atoms. The molecular weight excluding hydrogens is 297 g/mol. The molecule has 11 heavy (non-hydrogen) atoms. The molecule has 0 saturated carbocycles. The molecule has 1 heterocycles. The van der Waals surface area contributed by atoms with E-state index in [-0.39, 0.29) is 6.17 Å². The summed E-state index contributed by atoms with van der Waals surface area (Å²) in [5, 5.41) is 0. The van der Waals surface area contributed by atoms with Gasteiger partial charge in [-0.15, -0.1) is 0 Å². The first-order valence-corrected chi connectivity index (χ1v) is 4.78. The second kappa shape index (κ2) is 3.53. The van der Waals surface area contributed by atoms with E-state index in [2.05, 4.69) is 42.3 Å². The van der Waals surface area contributed by atoms with E-state index in [1.54, 1.807) is 12.3 Å². The molecule has 0 radical (unpaired) electrons. The number of hydrogen-bond donors (Lipinski definition) is 2. The zero-order chi connectivity index (χ0) is 8.48. The molecule has 0 aromatic carbocycles. The molecule has 0 spiro atoms. The number of rotatable bonds is 1.